The first-order valence-corrected chi connectivity index (χ1v) is 18.7. The Bertz CT molecular complexity index is 447. The van der Waals surface area contributed by atoms with Gasteiger partial charge in [0.25, 0.3) is 0 Å². The number of ether oxygens (including phenoxy) is 2. The molecule has 0 aliphatic rings. The maximum atomic E-state index is 5.76. The highest BCUT2D eigenvalue weighted by Crippen LogP contribution is 2.14. The molecule has 0 saturated carbocycles. The van der Waals surface area contributed by atoms with Gasteiger partial charge in [0.2, 0.25) is 0 Å². The van der Waals surface area contributed by atoms with Crippen LogP contribution in [0.25, 0.3) is 0 Å². The van der Waals surface area contributed by atoms with Crippen molar-refractivity contribution in [3.05, 3.63) is 12.2 Å². The molecule has 2 heteroatoms. The quantitative estimate of drug-likeness (QED) is 0.0556. The largest absolute Gasteiger partial charge is 0.379 e. The fraction of sp³-hybridized carbons (Fsp3) is 0.947. The third-order valence-electron chi connectivity index (χ3n) is 8.31. The molecule has 0 aromatic carbocycles. The van der Waals surface area contributed by atoms with Crippen LogP contribution in [0.5, 0.6) is 0 Å². The summed E-state index contributed by atoms with van der Waals surface area (Å²) in [4.78, 5) is 0. The average Bonchev–Trinajstić information content (AvgIpc) is 2.97. The molecule has 0 aromatic heterocycles. The summed E-state index contributed by atoms with van der Waals surface area (Å²) in [5.74, 6) is 0. The van der Waals surface area contributed by atoms with Gasteiger partial charge in [-0.3, -0.25) is 0 Å². The fourth-order valence-corrected chi connectivity index (χ4v) is 5.53. The molecule has 0 atom stereocenters. The molecular weight excluding hydrogens is 488 g/mol. The molecule has 240 valence electrons. The fourth-order valence-electron chi connectivity index (χ4n) is 5.53. The molecule has 0 saturated heterocycles. The summed E-state index contributed by atoms with van der Waals surface area (Å²) in [7, 11) is 0. The summed E-state index contributed by atoms with van der Waals surface area (Å²) < 4.78 is 11.5. The highest BCUT2D eigenvalue weighted by molar-refractivity contribution is 4.81. The number of hydrogen-bond acceptors (Lipinski definition) is 2. The van der Waals surface area contributed by atoms with Crippen LogP contribution in [0, 0.1) is 0 Å². The van der Waals surface area contributed by atoms with Crippen molar-refractivity contribution >= 4 is 0 Å². The summed E-state index contributed by atoms with van der Waals surface area (Å²) in [6, 6.07) is 0. The van der Waals surface area contributed by atoms with Crippen LogP contribution in [0.2, 0.25) is 0 Å². The summed E-state index contributed by atoms with van der Waals surface area (Å²) in [6.07, 6.45) is 46.5. The van der Waals surface area contributed by atoms with Crippen molar-refractivity contribution in [2.24, 2.45) is 0 Å². The number of allylic oxidation sites excluding steroid dienone is 2. The summed E-state index contributed by atoms with van der Waals surface area (Å²) in [5, 5.41) is 0. The molecule has 0 unspecified atom stereocenters. The first-order valence-electron chi connectivity index (χ1n) is 18.7. The molecule has 0 bridgehead atoms. The van der Waals surface area contributed by atoms with Crippen LogP contribution >= 0.6 is 0 Å². The maximum absolute atomic E-state index is 5.76. The third-order valence-corrected chi connectivity index (χ3v) is 8.31. The van der Waals surface area contributed by atoms with E-state index in [4.69, 9.17) is 9.47 Å². The SMILES string of the molecule is CCCCCCCCC=CCCCCCCCCOCCOCCCCCCCCCCCCCCCCCC. The van der Waals surface area contributed by atoms with Gasteiger partial charge in [0.05, 0.1) is 13.2 Å². The zero-order chi connectivity index (χ0) is 28.9. The Hall–Kier alpha value is -0.340. The van der Waals surface area contributed by atoms with Crippen LogP contribution < -0.4 is 0 Å². The highest BCUT2D eigenvalue weighted by atomic mass is 16.5. The van der Waals surface area contributed by atoms with Gasteiger partial charge in [-0.2, -0.15) is 0 Å². The van der Waals surface area contributed by atoms with E-state index in [1.807, 2.05) is 0 Å². The molecule has 0 radical (unpaired) electrons. The van der Waals surface area contributed by atoms with Gasteiger partial charge < -0.3 is 9.47 Å². The smallest absolute Gasteiger partial charge is 0.0700 e. The van der Waals surface area contributed by atoms with Crippen molar-refractivity contribution in [1.29, 1.82) is 0 Å². The molecule has 0 amide bonds. The van der Waals surface area contributed by atoms with Crippen LogP contribution in [0.15, 0.2) is 12.2 Å². The maximum Gasteiger partial charge on any atom is 0.0700 e. The molecule has 0 rings (SSSR count). The van der Waals surface area contributed by atoms with E-state index in [1.54, 1.807) is 0 Å². The normalized spacial score (nSPS) is 11.8. The van der Waals surface area contributed by atoms with Crippen molar-refractivity contribution in [2.45, 2.75) is 206 Å². The lowest BCUT2D eigenvalue weighted by atomic mass is 10.0. The summed E-state index contributed by atoms with van der Waals surface area (Å²) >= 11 is 0. The summed E-state index contributed by atoms with van der Waals surface area (Å²) in [6.45, 7) is 7.94. The van der Waals surface area contributed by atoms with Crippen molar-refractivity contribution in [1.82, 2.24) is 0 Å². The van der Waals surface area contributed by atoms with E-state index < -0.39 is 0 Å². The Morgan fingerprint density at radius 3 is 0.825 bits per heavy atom. The average molecular weight is 565 g/mol. The minimum Gasteiger partial charge on any atom is -0.379 e. The summed E-state index contributed by atoms with van der Waals surface area (Å²) in [5.41, 5.74) is 0. The van der Waals surface area contributed by atoms with Gasteiger partial charge in [0, 0.05) is 13.2 Å². The van der Waals surface area contributed by atoms with Crippen LogP contribution in [-0.4, -0.2) is 26.4 Å². The Morgan fingerprint density at radius 2 is 0.525 bits per heavy atom. The number of rotatable bonds is 36. The topological polar surface area (TPSA) is 18.5 Å². The monoisotopic (exact) mass is 565 g/mol. The number of unbranched alkanes of at least 4 members (excludes halogenated alkanes) is 27. The van der Waals surface area contributed by atoms with E-state index in [0.29, 0.717) is 0 Å². The molecular formula is C38H76O2. The molecule has 40 heavy (non-hydrogen) atoms. The lowest BCUT2D eigenvalue weighted by molar-refractivity contribution is 0.0448. The Labute approximate surface area is 254 Å². The number of hydrogen-bond donors (Lipinski definition) is 0. The van der Waals surface area contributed by atoms with Crippen LogP contribution in [0.3, 0.4) is 0 Å². The predicted octanol–water partition coefficient (Wildman–Crippen LogP) is 13.3. The third kappa shape index (κ3) is 37.7. The molecule has 0 spiro atoms. The Balaban J connectivity index is 3.05. The van der Waals surface area contributed by atoms with E-state index in [1.165, 1.54) is 193 Å². The van der Waals surface area contributed by atoms with Crippen LogP contribution in [0.1, 0.15) is 206 Å². The first kappa shape index (κ1) is 39.7. The van der Waals surface area contributed by atoms with Gasteiger partial charge in [-0.1, -0.05) is 180 Å². The molecule has 0 aromatic rings. The second kappa shape index (κ2) is 38.7. The highest BCUT2D eigenvalue weighted by Gasteiger charge is 1.96. The van der Waals surface area contributed by atoms with Crippen LogP contribution in [-0.2, 0) is 9.47 Å². The van der Waals surface area contributed by atoms with Gasteiger partial charge in [-0.25, -0.2) is 0 Å². The molecule has 0 aliphatic carbocycles. The molecule has 0 heterocycles. The van der Waals surface area contributed by atoms with E-state index in [9.17, 15) is 0 Å². The lowest BCUT2D eigenvalue weighted by Crippen LogP contribution is -2.06. The first-order chi connectivity index (χ1) is 19.9. The predicted molar refractivity (Wildman–Crippen MR) is 181 cm³/mol. The van der Waals surface area contributed by atoms with Gasteiger partial charge in [0.1, 0.15) is 0 Å². The molecule has 0 fully saturated rings. The Kier molecular flexibility index (Phi) is 38.3. The zero-order valence-corrected chi connectivity index (χ0v) is 28.0. The molecule has 2 nitrogen and oxygen atoms in total. The van der Waals surface area contributed by atoms with Crippen molar-refractivity contribution in [3.8, 4) is 0 Å². The van der Waals surface area contributed by atoms with Gasteiger partial charge in [-0.05, 0) is 38.5 Å². The van der Waals surface area contributed by atoms with Crippen molar-refractivity contribution < 1.29 is 9.47 Å². The van der Waals surface area contributed by atoms with Gasteiger partial charge in [0.15, 0.2) is 0 Å². The van der Waals surface area contributed by atoms with Gasteiger partial charge in [-0.15, -0.1) is 0 Å². The van der Waals surface area contributed by atoms with E-state index in [0.717, 1.165) is 26.4 Å². The minimum absolute atomic E-state index is 0.768. The molecule has 0 aliphatic heterocycles. The van der Waals surface area contributed by atoms with E-state index >= 15 is 0 Å². The van der Waals surface area contributed by atoms with Crippen molar-refractivity contribution in [2.75, 3.05) is 26.4 Å². The van der Waals surface area contributed by atoms with E-state index in [-0.39, 0.29) is 0 Å². The minimum atomic E-state index is 0.768. The Morgan fingerprint density at radius 1 is 0.275 bits per heavy atom. The second-order valence-electron chi connectivity index (χ2n) is 12.5. The van der Waals surface area contributed by atoms with Crippen molar-refractivity contribution in [3.63, 3.8) is 0 Å². The lowest BCUT2D eigenvalue weighted by Gasteiger charge is -2.06. The molecule has 0 N–H and O–H groups in total. The van der Waals surface area contributed by atoms with E-state index in [2.05, 4.69) is 26.0 Å². The second-order valence-corrected chi connectivity index (χ2v) is 12.5. The van der Waals surface area contributed by atoms with Gasteiger partial charge >= 0.3 is 0 Å². The standard InChI is InChI=1S/C38H76O2/c1-3-5-7-9-11-13-15-17-19-21-23-25-27-29-31-33-35-39-37-38-40-36-34-32-30-28-26-24-22-20-18-16-14-12-10-8-6-4-2/h17,19H,3-16,18,20-38H2,1-2H3. The zero-order valence-electron chi connectivity index (χ0n) is 28.0. The van der Waals surface area contributed by atoms with Crippen LogP contribution in [0.4, 0.5) is 0 Å².